The molecule has 1 N–H and O–H groups in total. The molecule has 1 aliphatic rings. The van der Waals surface area contributed by atoms with Gasteiger partial charge < -0.3 is 15.0 Å². The maximum atomic E-state index is 12.5. The van der Waals surface area contributed by atoms with Gasteiger partial charge in [-0.1, -0.05) is 6.07 Å². The van der Waals surface area contributed by atoms with Crippen molar-refractivity contribution in [3.63, 3.8) is 0 Å². The zero-order chi connectivity index (χ0) is 19.6. The summed E-state index contributed by atoms with van der Waals surface area (Å²) >= 11 is 0. The van der Waals surface area contributed by atoms with E-state index in [4.69, 9.17) is 4.74 Å². The van der Waals surface area contributed by atoms with E-state index in [0.717, 1.165) is 18.9 Å². The number of morpholine rings is 1. The molecule has 2 aromatic rings. The third-order valence-electron chi connectivity index (χ3n) is 4.50. The van der Waals surface area contributed by atoms with E-state index in [0.29, 0.717) is 16.8 Å². The van der Waals surface area contributed by atoms with Crippen LogP contribution in [0.15, 0.2) is 36.5 Å². The topological polar surface area (TPSA) is 97.6 Å². The number of nitro benzene ring substituents is 1. The zero-order valence-corrected chi connectivity index (χ0v) is 15.5. The number of nitro groups is 1. The fourth-order valence-corrected chi connectivity index (χ4v) is 3.22. The predicted molar refractivity (Wildman–Crippen MR) is 102 cm³/mol. The maximum absolute atomic E-state index is 12.5. The van der Waals surface area contributed by atoms with Gasteiger partial charge in [0.05, 0.1) is 33.9 Å². The summed E-state index contributed by atoms with van der Waals surface area (Å²) in [7, 11) is 0. The lowest BCUT2D eigenvalue weighted by molar-refractivity contribution is -0.385. The van der Waals surface area contributed by atoms with Crippen molar-refractivity contribution in [3.05, 3.63) is 57.8 Å². The molecule has 1 aromatic carbocycles. The molecule has 1 saturated heterocycles. The Morgan fingerprint density at radius 3 is 2.56 bits per heavy atom. The van der Waals surface area contributed by atoms with Gasteiger partial charge in [-0.05, 0) is 39.0 Å². The second kappa shape index (κ2) is 7.71. The third kappa shape index (κ3) is 4.22. The van der Waals surface area contributed by atoms with Gasteiger partial charge in [-0.3, -0.25) is 14.9 Å². The van der Waals surface area contributed by atoms with Gasteiger partial charge in [-0.15, -0.1) is 0 Å². The van der Waals surface area contributed by atoms with E-state index in [1.807, 2.05) is 13.8 Å². The lowest BCUT2D eigenvalue weighted by atomic mass is 10.1. The molecular weight excluding hydrogens is 348 g/mol. The number of carbonyl (C=O) groups excluding carboxylic acids is 1. The summed E-state index contributed by atoms with van der Waals surface area (Å²) in [6.07, 6.45) is 1.76. The van der Waals surface area contributed by atoms with Crippen LogP contribution in [0.1, 0.15) is 29.8 Å². The molecule has 1 aromatic heterocycles. The van der Waals surface area contributed by atoms with Crippen molar-refractivity contribution in [2.75, 3.05) is 23.3 Å². The molecule has 0 radical (unpaired) electrons. The van der Waals surface area contributed by atoms with Crippen LogP contribution >= 0.6 is 0 Å². The molecule has 1 aliphatic heterocycles. The van der Waals surface area contributed by atoms with Crippen LogP contribution in [-0.4, -0.2) is 41.1 Å². The lowest BCUT2D eigenvalue weighted by Crippen LogP contribution is -2.45. The number of ether oxygens (including phenoxy) is 1. The van der Waals surface area contributed by atoms with E-state index in [1.54, 1.807) is 31.2 Å². The fraction of sp³-hybridized carbons (Fsp3) is 0.368. The SMILES string of the molecule is Cc1c(NC(=O)c2ccc(N3C[C@@H](C)O[C@H](C)C3)nc2)cccc1[N+](=O)[O-]. The minimum atomic E-state index is -0.467. The molecule has 142 valence electrons. The summed E-state index contributed by atoms with van der Waals surface area (Å²) in [5.74, 6) is 0.432. The monoisotopic (exact) mass is 370 g/mol. The summed E-state index contributed by atoms with van der Waals surface area (Å²) in [5.41, 5.74) is 1.18. The molecule has 0 saturated carbocycles. The molecule has 1 amide bonds. The summed E-state index contributed by atoms with van der Waals surface area (Å²) in [6.45, 7) is 7.14. The van der Waals surface area contributed by atoms with Gasteiger partial charge in [-0.25, -0.2) is 4.98 Å². The van der Waals surface area contributed by atoms with Gasteiger partial charge >= 0.3 is 0 Å². The Bertz CT molecular complexity index is 843. The minimum Gasteiger partial charge on any atom is -0.372 e. The number of nitrogens with zero attached hydrogens (tertiary/aromatic N) is 3. The molecule has 2 atom stereocenters. The maximum Gasteiger partial charge on any atom is 0.274 e. The number of carbonyl (C=O) groups is 1. The van der Waals surface area contributed by atoms with Crippen molar-refractivity contribution in [2.24, 2.45) is 0 Å². The molecule has 27 heavy (non-hydrogen) atoms. The smallest absolute Gasteiger partial charge is 0.274 e. The number of rotatable bonds is 4. The number of benzene rings is 1. The highest BCUT2D eigenvalue weighted by atomic mass is 16.6. The number of hydrogen-bond acceptors (Lipinski definition) is 6. The molecular formula is C19H22N4O4. The van der Waals surface area contributed by atoms with Gasteiger partial charge in [0.1, 0.15) is 5.82 Å². The highest BCUT2D eigenvalue weighted by molar-refractivity contribution is 6.04. The van der Waals surface area contributed by atoms with Crippen LogP contribution in [0, 0.1) is 17.0 Å². The van der Waals surface area contributed by atoms with Crippen LogP contribution < -0.4 is 10.2 Å². The summed E-state index contributed by atoms with van der Waals surface area (Å²) in [6, 6.07) is 8.10. The Kier molecular flexibility index (Phi) is 5.36. The van der Waals surface area contributed by atoms with E-state index in [2.05, 4.69) is 15.2 Å². The standard InChI is InChI=1S/C19H22N4O4/c1-12-10-22(11-13(2)27-12)18-8-7-15(9-20-18)19(24)21-16-5-4-6-17(14(16)3)23(25)26/h4-9,12-13H,10-11H2,1-3H3,(H,21,24)/t12-,13-/m1/s1. The first-order chi connectivity index (χ1) is 12.8. The van der Waals surface area contributed by atoms with Crippen LogP contribution in [0.2, 0.25) is 0 Å². The first-order valence-electron chi connectivity index (χ1n) is 8.77. The number of pyridine rings is 1. The normalized spacial score (nSPS) is 19.6. The lowest BCUT2D eigenvalue weighted by Gasteiger charge is -2.36. The molecule has 2 heterocycles. The molecule has 3 rings (SSSR count). The first kappa shape index (κ1) is 18.8. The quantitative estimate of drug-likeness (QED) is 0.656. The van der Waals surface area contributed by atoms with Crippen molar-refractivity contribution in [3.8, 4) is 0 Å². The van der Waals surface area contributed by atoms with Crippen LogP contribution in [0.3, 0.4) is 0 Å². The molecule has 0 spiro atoms. The van der Waals surface area contributed by atoms with Gasteiger partial charge in [0.2, 0.25) is 0 Å². The summed E-state index contributed by atoms with van der Waals surface area (Å²) in [4.78, 5) is 29.6. The van der Waals surface area contributed by atoms with Crippen LogP contribution in [0.25, 0.3) is 0 Å². The Morgan fingerprint density at radius 2 is 1.96 bits per heavy atom. The number of hydrogen-bond donors (Lipinski definition) is 1. The van der Waals surface area contributed by atoms with Crippen molar-refractivity contribution in [1.29, 1.82) is 0 Å². The highest BCUT2D eigenvalue weighted by Crippen LogP contribution is 2.25. The van der Waals surface area contributed by atoms with Crippen molar-refractivity contribution in [1.82, 2.24) is 4.98 Å². The Balaban J connectivity index is 1.73. The van der Waals surface area contributed by atoms with Gasteiger partial charge in [0, 0.05) is 25.4 Å². The van der Waals surface area contributed by atoms with E-state index < -0.39 is 4.92 Å². The van der Waals surface area contributed by atoms with E-state index in [1.165, 1.54) is 12.3 Å². The largest absolute Gasteiger partial charge is 0.372 e. The van der Waals surface area contributed by atoms with Crippen molar-refractivity contribution in [2.45, 2.75) is 33.0 Å². The Hall–Kier alpha value is -3.00. The number of anilines is 2. The molecule has 8 heteroatoms. The van der Waals surface area contributed by atoms with Crippen LogP contribution in [0.4, 0.5) is 17.2 Å². The molecule has 1 fully saturated rings. The van der Waals surface area contributed by atoms with Crippen LogP contribution in [0.5, 0.6) is 0 Å². The van der Waals surface area contributed by atoms with Gasteiger partial charge in [0.15, 0.2) is 0 Å². The van der Waals surface area contributed by atoms with Crippen molar-refractivity contribution < 1.29 is 14.5 Å². The van der Waals surface area contributed by atoms with E-state index in [9.17, 15) is 14.9 Å². The highest BCUT2D eigenvalue weighted by Gasteiger charge is 2.23. The van der Waals surface area contributed by atoms with E-state index in [-0.39, 0.29) is 23.8 Å². The number of aromatic nitrogens is 1. The average molecular weight is 370 g/mol. The summed E-state index contributed by atoms with van der Waals surface area (Å²) in [5, 5.41) is 13.8. The minimum absolute atomic E-state index is 0.0307. The second-order valence-corrected chi connectivity index (χ2v) is 6.73. The fourth-order valence-electron chi connectivity index (χ4n) is 3.22. The number of nitrogens with one attached hydrogen (secondary N) is 1. The first-order valence-corrected chi connectivity index (χ1v) is 8.77. The average Bonchev–Trinajstić information content (AvgIpc) is 2.62. The van der Waals surface area contributed by atoms with E-state index >= 15 is 0 Å². The molecule has 0 bridgehead atoms. The Morgan fingerprint density at radius 1 is 1.26 bits per heavy atom. The van der Waals surface area contributed by atoms with Crippen molar-refractivity contribution >= 4 is 23.1 Å². The molecule has 0 unspecified atom stereocenters. The molecule has 0 aliphatic carbocycles. The van der Waals surface area contributed by atoms with Gasteiger partial charge in [0.25, 0.3) is 11.6 Å². The third-order valence-corrected chi connectivity index (χ3v) is 4.50. The zero-order valence-electron chi connectivity index (χ0n) is 15.5. The number of amides is 1. The Labute approximate surface area is 157 Å². The second-order valence-electron chi connectivity index (χ2n) is 6.73. The predicted octanol–water partition coefficient (Wildman–Crippen LogP) is 3.16. The van der Waals surface area contributed by atoms with Gasteiger partial charge in [-0.2, -0.15) is 0 Å². The van der Waals surface area contributed by atoms with Crippen LogP contribution in [-0.2, 0) is 4.74 Å². The molecule has 8 nitrogen and oxygen atoms in total. The summed E-state index contributed by atoms with van der Waals surface area (Å²) < 4.78 is 5.72.